The van der Waals surface area contributed by atoms with E-state index in [1.807, 2.05) is 50.4 Å². The van der Waals surface area contributed by atoms with Crippen LogP contribution in [0.5, 0.6) is 5.75 Å². The van der Waals surface area contributed by atoms with Gasteiger partial charge in [-0.1, -0.05) is 0 Å². The number of pyridine rings is 2. The maximum absolute atomic E-state index is 14.5. The van der Waals surface area contributed by atoms with Crippen LogP contribution in [0.2, 0.25) is 0 Å². The summed E-state index contributed by atoms with van der Waals surface area (Å²) < 4.78 is 22.0. The standard InChI is InChI=1S/C26H24FN9O/c1-35(2)8-9-37-18-11-15(10-17(27)12-18)22-23-20(6-7-28-22)31-26(32-23)25-24-21(33-34-25)5-4-19(30-24)16-13-29-36(3)14-16/h4-7,10-14H,8-9H2,1-3H3,(H,31,32)(H,33,34). The van der Waals surface area contributed by atoms with Gasteiger partial charge in [-0.05, 0) is 44.4 Å². The van der Waals surface area contributed by atoms with Crippen molar-refractivity contribution in [1.82, 2.24) is 44.8 Å². The highest BCUT2D eigenvalue weighted by molar-refractivity contribution is 5.95. The third kappa shape index (κ3) is 4.40. The Morgan fingerprint density at radius 3 is 2.68 bits per heavy atom. The van der Waals surface area contributed by atoms with E-state index in [1.165, 1.54) is 12.1 Å². The second-order valence-electron chi connectivity index (χ2n) is 9.04. The second-order valence-corrected chi connectivity index (χ2v) is 9.04. The molecule has 0 saturated heterocycles. The second kappa shape index (κ2) is 9.10. The summed E-state index contributed by atoms with van der Waals surface area (Å²) in [6.07, 6.45) is 5.34. The Bertz CT molecular complexity index is 1730. The minimum Gasteiger partial charge on any atom is -0.492 e. The van der Waals surface area contributed by atoms with Gasteiger partial charge in [-0.15, -0.1) is 0 Å². The van der Waals surface area contributed by atoms with Gasteiger partial charge < -0.3 is 14.6 Å². The SMILES string of the molecule is CN(C)CCOc1cc(F)cc(-c2nccc3[nH]c(-c4n[nH]c5ccc(-c6cnn(C)c6)nc45)nc23)c1. The van der Waals surface area contributed by atoms with Gasteiger partial charge in [0, 0.05) is 43.2 Å². The first kappa shape index (κ1) is 22.8. The monoisotopic (exact) mass is 497 g/mol. The molecule has 0 amide bonds. The van der Waals surface area contributed by atoms with Crippen LogP contribution in [-0.2, 0) is 7.05 Å². The summed E-state index contributed by atoms with van der Waals surface area (Å²) in [5.41, 5.74) is 6.19. The molecule has 186 valence electrons. The van der Waals surface area contributed by atoms with E-state index in [0.717, 1.165) is 28.8 Å². The quantitative estimate of drug-likeness (QED) is 0.342. The molecule has 0 aliphatic rings. The van der Waals surface area contributed by atoms with Crippen LogP contribution >= 0.6 is 0 Å². The molecule has 0 radical (unpaired) electrons. The minimum atomic E-state index is -0.405. The van der Waals surface area contributed by atoms with Crippen molar-refractivity contribution in [2.75, 3.05) is 27.2 Å². The first-order valence-corrected chi connectivity index (χ1v) is 11.7. The van der Waals surface area contributed by atoms with E-state index < -0.39 is 5.82 Å². The number of nitrogens with zero attached hydrogens (tertiary/aromatic N) is 7. The van der Waals surface area contributed by atoms with Crippen molar-refractivity contribution in [2.24, 2.45) is 7.05 Å². The molecule has 0 spiro atoms. The zero-order valence-electron chi connectivity index (χ0n) is 20.5. The van der Waals surface area contributed by atoms with Gasteiger partial charge >= 0.3 is 0 Å². The maximum Gasteiger partial charge on any atom is 0.161 e. The number of aromatic amines is 2. The normalized spacial score (nSPS) is 11.7. The average Bonchev–Trinajstić information content (AvgIpc) is 3.60. The van der Waals surface area contributed by atoms with Gasteiger partial charge in [0.1, 0.15) is 29.2 Å². The van der Waals surface area contributed by atoms with Crippen molar-refractivity contribution in [2.45, 2.75) is 0 Å². The molecule has 0 aliphatic heterocycles. The van der Waals surface area contributed by atoms with Crippen LogP contribution in [0.15, 0.2) is 55.0 Å². The van der Waals surface area contributed by atoms with Crippen LogP contribution in [0.4, 0.5) is 4.39 Å². The number of halogens is 1. The molecule has 6 aromatic rings. The number of aromatic nitrogens is 8. The number of imidazole rings is 1. The van der Waals surface area contributed by atoms with Gasteiger partial charge in [-0.3, -0.25) is 14.8 Å². The molecular formula is C26H24FN9O. The highest BCUT2D eigenvalue weighted by Crippen LogP contribution is 2.32. The Kier molecular flexibility index (Phi) is 5.61. The summed E-state index contributed by atoms with van der Waals surface area (Å²) in [7, 11) is 5.78. The molecule has 5 heterocycles. The average molecular weight is 498 g/mol. The molecule has 1 aromatic carbocycles. The number of H-pyrrole nitrogens is 2. The molecule has 5 aromatic heterocycles. The highest BCUT2D eigenvalue weighted by atomic mass is 19.1. The fourth-order valence-electron chi connectivity index (χ4n) is 4.17. The van der Waals surface area contributed by atoms with Crippen LogP contribution < -0.4 is 4.74 Å². The van der Waals surface area contributed by atoms with E-state index in [0.29, 0.717) is 46.2 Å². The molecule has 0 fully saturated rings. The number of fused-ring (bicyclic) bond motifs is 2. The number of likely N-dealkylation sites (N-methyl/N-ethyl adjacent to an activating group) is 1. The third-order valence-electron chi connectivity index (χ3n) is 5.99. The number of ether oxygens (including phenoxy) is 1. The fourth-order valence-corrected chi connectivity index (χ4v) is 4.17. The molecule has 37 heavy (non-hydrogen) atoms. The van der Waals surface area contributed by atoms with E-state index in [9.17, 15) is 4.39 Å². The Hall–Kier alpha value is -4.64. The van der Waals surface area contributed by atoms with Crippen LogP contribution in [0.1, 0.15) is 0 Å². The Balaban J connectivity index is 1.40. The lowest BCUT2D eigenvalue weighted by atomic mass is 10.1. The first-order valence-electron chi connectivity index (χ1n) is 11.7. The van der Waals surface area contributed by atoms with Crippen LogP contribution in [-0.4, -0.2) is 72.1 Å². The smallest absolute Gasteiger partial charge is 0.161 e. The summed E-state index contributed by atoms with van der Waals surface area (Å²) in [5.74, 6) is 0.569. The largest absolute Gasteiger partial charge is 0.492 e. The van der Waals surface area contributed by atoms with Crippen molar-refractivity contribution >= 4 is 22.1 Å². The topological polar surface area (TPSA) is 113 Å². The van der Waals surface area contributed by atoms with Gasteiger partial charge in [0.2, 0.25) is 0 Å². The van der Waals surface area contributed by atoms with Crippen molar-refractivity contribution in [3.05, 3.63) is 60.8 Å². The summed E-state index contributed by atoms with van der Waals surface area (Å²) in [5, 5.41) is 11.7. The summed E-state index contributed by atoms with van der Waals surface area (Å²) in [6, 6.07) is 10.3. The molecule has 6 rings (SSSR count). The van der Waals surface area contributed by atoms with E-state index >= 15 is 0 Å². The van der Waals surface area contributed by atoms with Crippen LogP contribution in [0.25, 0.3) is 56.1 Å². The van der Waals surface area contributed by atoms with Crippen molar-refractivity contribution in [1.29, 1.82) is 0 Å². The number of benzene rings is 1. The first-order chi connectivity index (χ1) is 17.9. The number of hydrogen-bond acceptors (Lipinski definition) is 7. The molecule has 0 atom stereocenters. The van der Waals surface area contributed by atoms with Crippen LogP contribution in [0.3, 0.4) is 0 Å². The minimum absolute atomic E-state index is 0.405. The molecule has 11 heteroatoms. The Labute approximate surface area is 211 Å². The van der Waals surface area contributed by atoms with Gasteiger partial charge in [0.15, 0.2) is 11.5 Å². The number of nitrogens with one attached hydrogen (secondary N) is 2. The highest BCUT2D eigenvalue weighted by Gasteiger charge is 2.18. The molecule has 10 nitrogen and oxygen atoms in total. The van der Waals surface area contributed by atoms with E-state index in [2.05, 4.69) is 25.3 Å². The van der Waals surface area contributed by atoms with E-state index in [-0.39, 0.29) is 0 Å². The molecule has 0 saturated carbocycles. The van der Waals surface area contributed by atoms with Crippen molar-refractivity contribution in [3.8, 4) is 39.8 Å². The van der Waals surface area contributed by atoms with Crippen molar-refractivity contribution < 1.29 is 9.13 Å². The number of aryl methyl sites for hydroxylation is 1. The number of hydrogen-bond donors (Lipinski definition) is 2. The van der Waals surface area contributed by atoms with Gasteiger partial charge in [0.25, 0.3) is 0 Å². The lowest BCUT2D eigenvalue weighted by Gasteiger charge is -2.12. The molecule has 0 bridgehead atoms. The molecular weight excluding hydrogens is 473 g/mol. The zero-order valence-corrected chi connectivity index (χ0v) is 20.5. The van der Waals surface area contributed by atoms with Gasteiger partial charge in [-0.2, -0.15) is 10.2 Å². The zero-order chi connectivity index (χ0) is 25.5. The summed E-state index contributed by atoms with van der Waals surface area (Å²) in [6.45, 7) is 1.16. The van der Waals surface area contributed by atoms with E-state index in [4.69, 9.17) is 14.7 Å². The molecule has 2 N–H and O–H groups in total. The molecule has 0 aliphatic carbocycles. The Morgan fingerprint density at radius 1 is 1.00 bits per heavy atom. The van der Waals surface area contributed by atoms with Crippen molar-refractivity contribution in [3.63, 3.8) is 0 Å². The van der Waals surface area contributed by atoms with E-state index in [1.54, 1.807) is 23.1 Å². The van der Waals surface area contributed by atoms with Gasteiger partial charge in [0.05, 0.1) is 28.6 Å². The maximum atomic E-state index is 14.5. The lowest BCUT2D eigenvalue weighted by molar-refractivity contribution is 0.260. The van der Waals surface area contributed by atoms with Gasteiger partial charge in [-0.25, -0.2) is 14.4 Å². The lowest BCUT2D eigenvalue weighted by Crippen LogP contribution is -2.19. The predicted molar refractivity (Wildman–Crippen MR) is 138 cm³/mol. The summed E-state index contributed by atoms with van der Waals surface area (Å²) >= 11 is 0. The number of rotatable bonds is 7. The van der Waals surface area contributed by atoms with Crippen LogP contribution in [0, 0.1) is 5.82 Å². The predicted octanol–water partition coefficient (Wildman–Crippen LogP) is 4.04. The summed E-state index contributed by atoms with van der Waals surface area (Å²) in [4.78, 5) is 19.5. The Morgan fingerprint density at radius 2 is 1.86 bits per heavy atom. The fraction of sp³-hybridized carbons (Fsp3) is 0.192. The molecule has 0 unspecified atom stereocenters. The third-order valence-corrected chi connectivity index (χ3v) is 5.99.